The highest BCUT2D eigenvalue weighted by molar-refractivity contribution is 5.99. The van der Waals surface area contributed by atoms with E-state index in [9.17, 15) is 15.0 Å². The first kappa shape index (κ1) is 11.7. The van der Waals surface area contributed by atoms with Crippen molar-refractivity contribution in [3.8, 4) is 11.5 Å². The van der Waals surface area contributed by atoms with E-state index in [2.05, 4.69) is 0 Å². The Morgan fingerprint density at radius 1 is 1.35 bits per heavy atom. The normalized spacial score (nSPS) is 19.6. The van der Waals surface area contributed by atoms with Gasteiger partial charge >= 0.3 is 0 Å². The Labute approximate surface area is 98.9 Å². The summed E-state index contributed by atoms with van der Waals surface area (Å²) in [6.07, 6.45) is 1.57. The van der Waals surface area contributed by atoms with Crippen LogP contribution in [-0.4, -0.2) is 45.3 Å². The van der Waals surface area contributed by atoms with Crippen LogP contribution in [0.25, 0.3) is 0 Å². The van der Waals surface area contributed by atoms with Crippen LogP contribution in [0.15, 0.2) is 18.2 Å². The maximum absolute atomic E-state index is 12.2. The number of likely N-dealkylation sites (tertiary alicyclic amines) is 1. The smallest absolute Gasteiger partial charge is 0.261 e. The third kappa shape index (κ3) is 2.06. The molecular formula is C12H15NO4. The summed E-state index contributed by atoms with van der Waals surface area (Å²) in [5, 5.41) is 28.4. The van der Waals surface area contributed by atoms with Crippen LogP contribution in [0.1, 0.15) is 23.2 Å². The topological polar surface area (TPSA) is 81.0 Å². The van der Waals surface area contributed by atoms with Gasteiger partial charge in [-0.2, -0.15) is 0 Å². The Morgan fingerprint density at radius 2 is 2.00 bits per heavy atom. The average molecular weight is 237 g/mol. The lowest BCUT2D eigenvalue weighted by atomic mass is 10.1. The number of hydrogen-bond donors (Lipinski definition) is 3. The Morgan fingerprint density at radius 3 is 2.59 bits per heavy atom. The second-order valence-electron chi connectivity index (χ2n) is 4.15. The molecule has 0 aliphatic carbocycles. The minimum atomic E-state index is -0.433. The summed E-state index contributed by atoms with van der Waals surface area (Å²) < 4.78 is 0. The van der Waals surface area contributed by atoms with Crippen LogP contribution in [0, 0.1) is 0 Å². The van der Waals surface area contributed by atoms with Crippen LogP contribution in [0.5, 0.6) is 11.5 Å². The first-order valence-electron chi connectivity index (χ1n) is 5.58. The lowest BCUT2D eigenvalue weighted by Crippen LogP contribution is -2.37. The van der Waals surface area contributed by atoms with Gasteiger partial charge in [-0.1, -0.05) is 6.07 Å². The van der Waals surface area contributed by atoms with E-state index in [4.69, 9.17) is 5.11 Å². The van der Waals surface area contributed by atoms with Gasteiger partial charge in [-0.05, 0) is 25.0 Å². The van der Waals surface area contributed by atoms with E-state index < -0.39 is 5.91 Å². The molecule has 0 aromatic heterocycles. The van der Waals surface area contributed by atoms with Crippen LogP contribution in [0.3, 0.4) is 0 Å². The minimum absolute atomic E-state index is 0.0900. The molecule has 0 spiro atoms. The largest absolute Gasteiger partial charge is 0.507 e. The summed E-state index contributed by atoms with van der Waals surface area (Å²) in [6, 6.07) is 3.96. The summed E-state index contributed by atoms with van der Waals surface area (Å²) in [7, 11) is 0. The van der Waals surface area contributed by atoms with E-state index in [0.29, 0.717) is 6.54 Å². The number of aromatic hydroxyl groups is 2. The fraction of sp³-hybridized carbons (Fsp3) is 0.417. The molecule has 1 aliphatic heterocycles. The third-order valence-electron chi connectivity index (χ3n) is 3.08. The van der Waals surface area contributed by atoms with Crippen molar-refractivity contribution in [2.45, 2.75) is 18.9 Å². The van der Waals surface area contributed by atoms with Crippen molar-refractivity contribution in [3.63, 3.8) is 0 Å². The standard InChI is InChI=1S/C12H15NO4/c14-7-8-3-2-6-13(8)12(17)11-9(15)4-1-5-10(11)16/h1,4-5,8,14-16H,2-3,6-7H2/t8-/m1/s1. The van der Waals surface area contributed by atoms with Crippen molar-refractivity contribution in [2.75, 3.05) is 13.2 Å². The number of amides is 1. The zero-order chi connectivity index (χ0) is 12.4. The number of phenols is 2. The van der Waals surface area contributed by atoms with E-state index in [-0.39, 0.29) is 29.7 Å². The number of aliphatic hydroxyl groups is 1. The highest BCUT2D eigenvalue weighted by Gasteiger charge is 2.31. The predicted molar refractivity (Wildman–Crippen MR) is 60.9 cm³/mol. The van der Waals surface area contributed by atoms with Gasteiger partial charge in [0.25, 0.3) is 5.91 Å². The van der Waals surface area contributed by atoms with Gasteiger partial charge in [-0.15, -0.1) is 0 Å². The van der Waals surface area contributed by atoms with E-state index in [0.717, 1.165) is 12.8 Å². The van der Waals surface area contributed by atoms with E-state index in [1.807, 2.05) is 0 Å². The Bertz CT molecular complexity index is 412. The number of phenolic OH excluding ortho intramolecular Hbond substituents is 2. The summed E-state index contributed by atoms with van der Waals surface area (Å²) in [5.41, 5.74) is -0.0900. The molecule has 1 aliphatic rings. The molecule has 1 saturated heterocycles. The number of benzene rings is 1. The first-order valence-corrected chi connectivity index (χ1v) is 5.58. The average Bonchev–Trinajstić information content (AvgIpc) is 2.76. The van der Waals surface area contributed by atoms with Gasteiger partial charge in [0.1, 0.15) is 17.1 Å². The third-order valence-corrected chi connectivity index (χ3v) is 3.08. The Kier molecular flexibility index (Phi) is 3.19. The molecule has 1 aromatic carbocycles. The number of carbonyl (C=O) groups excluding carboxylic acids is 1. The SMILES string of the molecule is O=C(c1c(O)cccc1O)N1CCC[C@@H]1CO. The van der Waals surface area contributed by atoms with Gasteiger partial charge < -0.3 is 20.2 Å². The number of hydrogen-bond acceptors (Lipinski definition) is 4. The van der Waals surface area contributed by atoms with Crippen molar-refractivity contribution in [1.29, 1.82) is 0 Å². The van der Waals surface area contributed by atoms with E-state index in [1.54, 1.807) is 0 Å². The van der Waals surface area contributed by atoms with Gasteiger partial charge in [0.15, 0.2) is 0 Å². The van der Waals surface area contributed by atoms with Gasteiger partial charge in [0, 0.05) is 6.54 Å². The van der Waals surface area contributed by atoms with Crippen molar-refractivity contribution >= 4 is 5.91 Å². The van der Waals surface area contributed by atoms with E-state index in [1.165, 1.54) is 23.1 Å². The zero-order valence-electron chi connectivity index (χ0n) is 9.33. The fourth-order valence-electron chi connectivity index (χ4n) is 2.18. The molecule has 0 saturated carbocycles. The molecule has 5 heteroatoms. The molecule has 2 rings (SSSR count). The predicted octanol–water partition coefficient (Wildman–Crippen LogP) is 0.695. The highest BCUT2D eigenvalue weighted by Crippen LogP contribution is 2.30. The summed E-state index contributed by atoms with van der Waals surface area (Å²) >= 11 is 0. The molecule has 3 N–H and O–H groups in total. The summed E-state index contributed by atoms with van der Waals surface area (Å²) in [6.45, 7) is 0.442. The van der Waals surface area contributed by atoms with Gasteiger partial charge in [-0.25, -0.2) is 0 Å². The van der Waals surface area contributed by atoms with E-state index >= 15 is 0 Å². The summed E-state index contributed by atoms with van der Waals surface area (Å²) in [4.78, 5) is 13.6. The molecule has 92 valence electrons. The lowest BCUT2D eigenvalue weighted by molar-refractivity contribution is 0.0671. The first-order chi connectivity index (χ1) is 8.15. The van der Waals surface area contributed by atoms with Crippen molar-refractivity contribution in [2.24, 2.45) is 0 Å². The van der Waals surface area contributed by atoms with Gasteiger partial charge in [-0.3, -0.25) is 4.79 Å². The maximum atomic E-state index is 12.2. The number of aliphatic hydroxyl groups excluding tert-OH is 1. The van der Waals surface area contributed by atoms with Crippen molar-refractivity contribution in [3.05, 3.63) is 23.8 Å². The van der Waals surface area contributed by atoms with Crippen LogP contribution in [0.2, 0.25) is 0 Å². The molecule has 1 amide bonds. The molecule has 1 fully saturated rings. The van der Waals surface area contributed by atoms with Gasteiger partial charge in [0.2, 0.25) is 0 Å². The lowest BCUT2D eigenvalue weighted by Gasteiger charge is -2.23. The molecule has 5 nitrogen and oxygen atoms in total. The van der Waals surface area contributed by atoms with Crippen molar-refractivity contribution in [1.82, 2.24) is 4.90 Å². The molecule has 0 unspecified atom stereocenters. The molecule has 17 heavy (non-hydrogen) atoms. The van der Waals surface area contributed by atoms with Crippen LogP contribution < -0.4 is 0 Å². The molecule has 1 atom stereocenters. The number of nitrogens with zero attached hydrogens (tertiary/aromatic N) is 1. The van der Waals surface area contributed by atoms with Crippen LogP contribution in [0.4, 0.5) is 0 Å². The Hall–Kier alpha value is -1.75. The molecule has 1 aromatic rings. The quantitative estimate of drug-likeness (QED) is 0.707. The molecular weight excluding hydrogens is 222 g/mol. The number of carbonyl (C=O) groups is 1. The second kappa shape index (κ2) is 4.63. The van der Waals surface area contributed by atoms with Crippen LogP contribution >= 0.6 is 0 Å². The van der Waals surface area contributed by atoms with Crippen molar-refractivity contribution < 1.29 is 20.1 Å². The number of rotatable bonds is 2. The molecule has 0 bridgehead atoms. The minimum Gasteiger partial charge on any atom is -0.507 e. The van der Waals surface area contributed by atoms with Gasteiger partial charge in [0.05, 0.1) is 12.6 Å². The monoisotopic (exact) mass is 237 g/mol. The molecule has 0 radical (unpaired) electrons. The second-order valence-corrected chi connectivity index (χ2v) is 4.15. The Balaban J connectivity index is 2.31. The van der Waals surface area contributed by atoms with Crippen LogP contribution in [-0.2, 0) is 0 Å². The molecule has 1 heterocycles. The zero-order valence-corrected chi connectivity index (χ0v) is 9.33. The summed E-state index contributed by atoms with van der Waals surface area (Å²) in [5.74, 6) is -0.908. The maximum Gasteiger partial charge on any atom is 0.261 e. The fourth-order valence-corrected chi connectivity index (χ4v) is 2.18. The highest BCUT2D eigenvalue weighted by atomic mass is 16.3.